The maximum Gasteiger partial charge on any atom is 0.125 e. The van der Waals surface area contributed by atoms with Crippen LogP contribution in [0.25, 0.3) is 0 Å². The Morgan fingerprint density at radius 1 is 1.43 bits per heavy atom. The van der Waals surface area contributed by atoms with E-state index < -0.39 is 0 Å². The number of benzene rings is 1. The van der Waals surface area contributed by atoms with Gasteiger partial charge >= 0.3 is 0 Å². The molecule has 2 rings (SSSR count). The number of aryl methyl sites for hydroxylation is 1. The van der Waals surface area contributed by atoms with Crippen molar-refractivity contribution in [1.82, 2.24) is 0 Å². The fourth-order valence-electron chi connectivity index (χ4n) is 2.02. The molecule has 0 spiro atoms. The van der Waals surface area contributed by atoms with E-state index in [-0.39, 0.29) is 11.6 Å². The maximum atomic E-state index is 6.09. The van der Waals surface area contributed by atoms with Crippen LogP contribution in [0.15, 0.2) is 18.2 Å². The average Bonchev–Trinajstić information content (AvgIpc) is 2.00. The van der Waals surface area contributed by atoms with E-state index in [1.165, 1.54) is 5.56 Å². The largest absolute Gasteiger partial charge is 0.487 e. The lowest BCUT2D eigenvalue weighted by molar-refractivity contribution is 0.0728. The first kappa shape index (κ1) is 9.53. The molecule has 0 amide bonds. The molecule has 1 aromatic rings. The molecule has 0 saturated carbocycles. The van der Waals surface area contributed by atoms with Crippen LogP contribution in [0.5, 0.6) is 5.75 Å². The molecule has 2 N–H and O–H groups in total. The number of fused-ring (bicyclic) bond motifs is 1. The predicted molar refractivity (Wildman–Crippen MR) is 57.4 cm³/mol. The SMILES string of the molecule is Cc1ccc2c(c1)OC(C)(C)C[C@H]2N. The molecule has 2 heteroatoms. The summed E-state index contributed by atoms with van der Waals surface area (Å²) >= 11 is 0. The number of rotatable bonds is 0. The topological polar surface area (TPSA) is 35.2 Å². The third kappa shape index (κ3) is 1.62. The molecule has 0 fully saturated rings. The second-order valence-electron chi connectivity index (χ2n) is 4.71. The number of hydrogen-bond acceptors (Lipinski definition) is 2. The first-order chi connectivity index (χ1) is 6.48. The summed E-state index contributed by atoms with van der Waals surface area (Å²) in [7, 11) is 0. The Hall–Kier alpha value is -1.02. The average molecular weight is 191 g/mol. The van der Waals surface area contributed by atoms with E-state index in [4.69, 9.17) is 10.5 Å². The van der Waals surface area contributed by atoms with Crippen LogP contribution in [0.4, 0.5) is 0 Å². The van der Waals surface area contributed by atoms with Crippen molar-refractivity contribution >= 4 is 0 Å². The van der Waals surface area contributed by atoms with E-state index in [0.717, 1.165) is 17.7 Å². The minimum Gasteiger partial charge on any atom is -0.487 e. The summed E-state index contributed by atoms with van der Waals surface area (Å²) < 4.78 is 5.89. The van der Waals surface area contributed by atoms with E-state index in [0.29, 0.717) is 0 Å². The zero-order chi connectivity index (χ0) is 10.3. The van der Waals surface area contributed by atoms with E-state index in [9.17, 15) is 0 Å². The van der Waals surface area contributed by atoms with Gasteiger partial charge in [-0.3, -0.25) is 0 Å². The van der Waals surface area contributed by atoms with Gasteiger partial charge in [0.05, 0.1) is 0 Å². The van der Waals surface area contributed by atoms with Gasteiger partial charge in [-0.05, 0) is 32.4 Å². The van der Waals surface area contributed by atoms with Gasteiger partial charge in [-0.2, -0.15) is 0 Å². The Balaban J connectivity index is 2.46. The van der Waals surface area contributed by atoms with Gasteiger partial charge < -0.3 is 10.5 Å². The zero-order valence-electron chi connectivity index (χ0n) is 9.00. The summed E-state index contributed by atoms with van der Waals surface area (Å²) in [6.45, 7) is 6.23. The van der Waals surface area contributed by atoms with E-state index in [1.54, 1.807) is 0 Å². The molecule has 1 aromatic carbocycles. The van der Waals surface area contributed by atoms with Crippen LogP contribution in [-0.4, -0.2) is 5.60 Å². The molecule has 0 radical (unpaired) electrons. The standard InChI is InChI=1S/C12H17NO/c1-8-4-5-9-10(13)7-12(2,3)14-11(9)6-8/h4-6,10H,7,13H2,1-3H3/t10-/m1/s1. The van der Waals surface area contributed by atoms with Crippen molar-refractivity contribution in [3.63, 3.8) is 0 Å². The lowest BCUT2D eigenvalue weighted by Gasteiger charge is -2.36. The highest BCUT2D eigenvalue weighted by Crippen LogP contribution is 2.38. The highest BCUT2D eigenvalue weighted by atomic mass is 16.5. The first-order valence-corrected chi connectivity index (χ1v) is 5.03. The Morgan fingerprint density at radius 2 is 2.14 bits per heavy atom. The molecule has 0 aromatic heterocycles. The van der Waals surface area contributed by atoms with Crippen molar-refractivity contribution in [3.8, 4) is 5.75 Å². The van der Waals surface area contributed by atoms with Crippen LogP contribution in [0.2, 0.25) is 0 Å². The lowest BCUT2D eigenvalue weighted by atomic mass is 9.90. The Kier molecular flexibility index (Phi) is 2.04. The van der Waals surface area contributed by atoms with Crippen LogP contribution in [0, 0.1) is 6.92 Å². The van der Waals surface area contributed by atoms with Gasteiger partial charge in [0, 0.05) is 18.0 Å². The molecule has 0 aliphatic carbocycles. The molecule has 14 heavy (non-hydrogen) atoms. The molecule has 1 atom stereocenters. The Bertz CT molecular complexity index is 357. The van der Waals surface area contributed by atoms with Gasteiger partial charge in [-0.1, -0.05) is 12.1 Å². The maximum absolute atomic E-state index is 6.09. The van der Waals surface area contributed by atoms with Gasteiger partial charge in [0.15, 0.2) is 0 Å². The summed E-state index contributed by atoms with van der Waals surface area (Å²) in [6, 6.07) is 6.33. The second-order valence-corrected chi connectivity index (χ2v) is 4.71. The number of ether oxygens (including phenoxy) is 1. The Labute approximate surface area is 85.1 Å². The minimum atomic E-state index is -0.139. The molecule has 1 aliphatic rings. The van der Waals surface area contributed by atoms with Gasteiger partial charge in [0.25, 0.3) is 0 Å². The highest BCUT2D eigenvalue weighted by Gasteiger charge is 2.31. The van der Waals surface area contributed by atoms with Crippen LogP contribution in [0.1, 0.15) is 37.4 Å². The van der Waals surface area contributed by atoms with E-state index in [2.05, 4.69) is 39.0 Å². The molecule has 1 aliphatic heterocycles. The van der Waals surface area contributed by atoms with Crippen molar-refractivity contribution in [2.75, 3.05) is 0 Å². The molecule has 0 saturated heterocycles. The summed E-state index contributed by atoms with van der Waals surface area (Å²) in [5.74, 6) is 0.953. The molecule has 1 heterocycles. The van der Waals surface area contributed by atoms with Crippen molar-refractivity contribution in [1.29, 1.82) is 0 Å². The molecular formula is C12H17NO. The summed E-state index contributed by atoms with van der Waals surface area (Å²) in [4.78, 5) is 0. The second kappa shape index (κ2) is 2.99. The molecule has 0 unspecified atom stereocenters. The van der Waals surface area contributed by atoms with Gasteiger partial charge in [-0.25, -0.2) is 0 Å². The smallest absolute Gasteiger partial charge is 0.125 e. The van der Waals surface area contributed by atoms with Crippen LogP contribution in [-0.2, 0) is 0 Å². The molecule has 76 valence electrons. The Morgan fingerprint density at radius 3 is 2.86 bits per heavy atom. The van der Waals surface area contributed by atoms with Gasteiger partial charge in [0.2, 0.25) is 0 Å². The van der Waals surface area contributed by atoms with E-state index >= 15 is 0 Å². The van der Waals surface area contributed by atoms with Gasteiger partial charge in [0.1, 0.15) is 11.4 Å². The fraction of sp³-hybridized carbons (Fsp3) is 0.500. The van der Waals surface area contributed by atoms with Crippen LogP contribution < -0.4 is 10.5 Å². The number of nitrogens with two attached hydrogens (primary N) is 1. The normalized spacial score (nSPS) is 23.9. The quantitative estimate of drug-likeness (QED) is 0.684. The van der Waals surface area contributed by atoms with Crippen molar-refractivity contribution < 1.29 is 4.74 Å². The molecule has 2 nitrogen and oxygen atoms in total. The van der Waals surface area contributed by atoms with E-state index in [1.807, 2.05) is 0 Å². The highest BCUT2D eigenvalue weighted by molar-refractivity contribution is 5.41. The lowest BCUT2D eigenvalue weighted by Crippen LogP contribution is -2.37. The number of hydrogen-bond donors (Lipinski definition) is 1. The monoisotopic (exact) mass is 191 g/mol. The summed E-state index contributed by atoms with van der Waals surface area (Å²) in [6.07, 6.45) is 0.878. The van der Waals surface area contributed by atoms with Crippen molar-refractivity contribution in [2.24, 2.45) is 5.73 Å². The predicted octanol–water partition coefficient (Wildman–Crippen LogP) is 2.56. The fourth-order valence-corrected chi connectivity index (χ4v) is 2.02. The summed E-state index contributed by atoms with van der Waals surface area (Å²) in [5, 5.41) is 0. The first-order valence-electron chi connectivity index (χ1n) is 5.03. The van der Waals surface area contributed by atoms with Crippen molar-refractivity contribution in [2.45, 2.75) is 38.8 Å². The minimum absolute atomic E-state index is 0.106. The summed E-state index contributed by atoms with van der Waals surface area (Å²) in [5.41, 5.74) is 8.30. The third-order valence-corrected chi connectivity index (χ3v) is 2.67. The van der Waals surface area contributed by atoms with Crippen molar-refractivity contribution in [3.05, 3.63) is 29.3 Å². The van der Waals surface area contributed by atoms with Crippen LogP contribution in [0.3, 0.4) is 0 Å². The zero-order valence-corrected chi connectivity index (χ0v) is 9.00. The third-order valence-electron chi connectivity index (χ3n) is 2.67. The molecule has 0 bridgehead atoms. The van der Waals surface area contributed by atoms with Gasteiger partial charge in [-0.15, -0.1) is 0 Å². The van der Waals surface area contributed by atoms with Crippen LogP contribution >= 0.6 is 0 Å². The molecular weight excluding hydrogens is 174 g/mol.